The van der Waals surface area contributed by atoms with Crippen molar-refractivity contribution in [1.82, 2.24) is 0 Å². The van der Waals surface area contributed by atoms with Crippen molar-refractivity contribution in [2.45, 2.75) is 31.3 Å². The third-order valence-corrected chi connectivity index (χ3v) is 8.48. The maximum atomic E-state index is 6.75. The van der Waals surface area contributed by atoms with Crippen molar-refractivity contribution < 1.29 is 18.5 Å². The van der Waals surface area contributed by atoms with Gasteiger partial charge in [-0.3, -0.25) is 0 Å². The minimum atomic E-state index is -1.30. The van der Waals surface area contributed by atoms with E-state index < -0.39 is 13.8 Å². The summed E-state index contributed by atoms with van der Waals surface area (Å²) in [6.45, 7) is 6.45. The van der Waals surface area contributed by atoms with Gasteiger partial charge in [0.15, 0.2) is 0 Å². The van der Waals surface area contributed by atoms with Crippen LogP contribution in [0.25, 0.3) is 0 Å². The van der Waals surface area contributed by atoms with Crippen molar-refractivity contribution in [1.29, 1.82) is 0 Å². The normalized spacial score (nSPS) is 16.6. The molecule has 0 amide bonds. The molecule has 0 saturated carbocycles. The Bertz CT molecular complexity index is 1360. The first-order valence-corrected chi connectivity index (χ1v) is 12.6. The summed E-state index contributed by atoms with van der Waals surface area (Å²) in [4.78, 5) is 0. The van der Waals surface area contributed by atoms with Crippen LogP contribution in [0.15, 0.2) is 84.9 Å². The van der Waals surface area contributed by atoms with E-state index >= 15 is 0 Å². The fraction of sp³-hybridized carbons (Fsp3) is 0.172. The molecule has 5 heteroatoms. The minimum absolute atomic E-state index is 0.207. The molecule has 0 saturated heterocycles. The Balaban J connectivity index is 1.70. The van der Waals surface area contributed by atoms with Crippen LogP contribution in [0.3, 0.4) is 0 Å². The van der Waals surface area contributed by atoms with E-state index in [0.29, 0.717) is 0 Å². The lowest BCUT2D eigenvalue weighted by Gasteiger charge is -2.47. The Morgan fingerprint density at radius 1 is 0.529 bits per heavy atom. The highest BCUT2D eigenvalue weighted by Gasteiger charge is 2.55. The summed E-state index contributed by atoms with van der Waals surface area (Å²) < 4.78 is 26.5. The van der Waals surface area contributed by atoms with Gasteiger partial charge in [-0.1, -0.05) is 48.5 Å². The van der Waals surface area contributed by atoms with E-state index in [4.69, 9.17) is 18.5 Å². The molecule has 0 aromatic heterocycles. The number of benzene rings is 4. The Labute approximate surface area is 200 Å². The number of hydrogen-bond donors (Lipinski definition) is 0. The van der Waals surface area contributed by atoms with E-state index in [2.05, 4.69) is 45.0 Å². The highest BCUT2D eigenvalue weighted by atomic mass is 31.2. The largest absolute Gasteiger partial charge is 0.457 e. The second kappa shape index (κ2) is 6.77. The molecule has 0 atom stereocenters. The van der Waals surface area contributed by atoms with Gasteiger partial charge < -0.3 is 18.5 Å². The fourth-order valence-corrected chi connectivity index (χ4v) is 6.58. The van der Waals surface area contributed by atoms with Gasteiger partial charge in [0.25, 0.3) is 8.38 Å². The smallest absolute Gasteiger partial charge is 0.296 e. The Kier molecular flexibility index (Phi) is 3.97. The second-order valence-corrected chi connectivity index (χ2v) is 12.0. The van der Waals surface area contributed by atoms with Crippen LogP contribution < -0.4 is 18.5 Å². The van der Waals surface area contributed by atoms with E-state index in [1.165, 1.54) is 0 Å². The Morgan fingerprint density at radius 3 is 1.41 bits per heavy atom. The number of rotatable bonds is 0. The molecule has 0 aliphatic carbocycles. The SMILES string of the molecule is CC(C)(C)P1Oc2cccc3c2C2(c4ccccc4O3)c3ccccc3Oc3cccc(c32)O1. The van der Waals surface area contributed by atoms with E-state index in [1.54, 1.807) is 0 Å². The van der Waals surface area contributed by atoms with E-state index in [-0.39, 0.29) is 5.16 Å². The molecule has 0 bridgehead atoms. The first kappa shape index (κ1) is 19.9. The number of fused-ring (bicyclic) bond motifs is 2. The predicted molar refractivity (Wildman–Crippen MR) is 133 cm³/mol. The van der Waals surface area contributed by atoms with Crippen LogP contribution in [-0.2, 0) is 5.41 Å². The summed E-state index contributed by atoms with van der Waals surface area (Å²) in [5.41, 5.74) is 3.39. The summed E-state index contributed by atoms with van der Waals surface area (Å²) in [6, 6.07) is 28.6. The standard InChI is InChI=1S/C29H23O4P/c1-28(2,3)34-32-24-16-8-14-22-26(24)29(18-10-4-6-12-20(18)30-22)19-11-5-7-13-21(19)31-23-15-9-17-25(33-34)27(23)29/h4-17H,1-3H3. The molecule has 4 aromatic carbocycles. The zero-order valence-electron chi connectivity index (χ0n) is 19.2. The summed E-state index contributed by atoms with van der Waals surface area (Å²) in [5.74, 6) is 4.79. The van der Waals surface area contributed by atoms with Gasteiger partial charge in [0.1, 0.15) is 34.5 Å². The molecule has 3 aliphatic heterocycles. The maximum Gasteiger partial charge on any atom is 0.296 e. The fourth-order valence-electron chi connectivity index (χ4n) is 5.33. The van der Waals surface area contributed by atoms with Crippen LogP contribution in [0.1, 0.15) is 43.0 Å². The minimum Gasteiger partial charge on any atom is -0.457 e. The van der Waals surface area contributed by atoms with Crippen LogP contribution >= 0.6 is 8.38 Å². The van der Waals surface area contributed by atoms with Crippen molar-refractivity contribution in [3.8, 4) is 34.5 Å². The van der Waals surface area contributed by atoms with E-state index in [9.17, 15) is 0 Å². The van der Waals surface area contributed by atoms with E-state index in [1.807, 2.05) is 60.7 Å². The molecular weight excluding hydrogens is 443 g/mol. The second-order valence-electron chi connectivity index (χ2n) is 9.82. The summed E-state index contributed by atoms with van der Waals surface area (Å²) >= 11 is 0. The maximum absolute atomic E-state index is 6.75. The number of hydrogen-bond acceptors (Lipinski definition) is 4. The summed E-state index contributed by atoms with van der Waals surface area (Å²) in [5, 5.41) is -0.207. The van der Waals surface area contributed by atoms with Crippen LogP contribution in [0.4, 0.5) is 0 Å². The quantitative estimate of drug-likeness (QED) is 0.212. The number of ether oxygens (including phenoxy) is 2. The van der Waals surface area contributed by atoms with Gasteiger partial charge in [-0.2, -0.15) is 0 Å². The molecule has 1 spiro atoms. The predicted octanol–water partition coefficient (Wildman–Crippen LogP) is 8.16. The molecule has 4 nitrogen and oxygen atoms in total. The molecule has 7 rings (SSSR count). The van der Waals surface area contributed by atoms with Gasteiger partial charge in [-0.15, -0.1) is 0 Å². The van der Waals surface area contributed by atoms with Crippen LogP contribution in [0, 0.1) is 0 Å². The lowest BCUT2D eigenvalue weighted by molar-refractivity contribution is 0.369. The molecule has 168 valence electrons. The molecule has 0 fully saturated rings. The summed E-state index contributed by atoms with van der Waals surface area (Å²) in [7, 11) is -1.30. The Hall–Kier alpha value is -3.49. The molecule has 3 aliphatic rings. The lowest BCUT2D eigenvalue weighted by Crippen LogP contribution is -2.38. The zero-order chi connectivity index (χ0) is 23.1. The average Bonchev–Trinajstić information content (AvgIpc) is 2.82. The van der Waals surface area contributed by atoms with Crippen molar-refractivity contribution in [2.75, 3.05) is 0 Å². The molecule has 3 heterocycles. The van der Waals surface area contributed by atoms with E-state index in [0.717, 1.165) is 56.8 Å². The van der Waals surface area contributed by atoms with Gasteiger partial charge >= 0.3 is 0 Å². The molecule has 0 radical (unpaired) electrons. The highest BCUT2D eigenvalue weighted by Crippen LogP contribution is 2.68. The van der Waals surface area contributed by atoms with Crippen molar-refractivity contribution in [3.63, 3.8) is 0 Å². The third kappa shape index (κ3) is 2.52. The van der Waals surface area contributed by atoms with Gasteiger partial charge in [-0.05, 0) is 57.2 Å². The average molecular weight is 466 g/mol. The van der Waals surface area contributed by atoms with Gasteiger partial charge in [0.2, 0.25) is 0 Å². The first-order chi connectivity index (χ1) is 16.5. The summed E-state index contributed by atoms with van der Waals surface area (Å²) in [6.07, 6.45) is 0. The molecule has 0 N–H and O–H groups in total. The van der Waals surface area contributed by atoms with Crippen LogP contribution in [0.2, 0.25) is 0 Å². The first-order valence-electron chi connectivity index (χ1n) is 11.5. The molecule has 4 aromatic rings. The molecule has 34 heavy (non-hydrogen) atoms. The van der Waals surface area contributed by atoms with Gasteiger partial charge in [0, 0.05) is 11.1 Å². The van der Waals surface area contributed by atoms with Gasteiger partial charge in [-0.25, -0.2) is 0 Å². The van der Waals surface area contributed by atoms with Crippen molar-refractivity contribution in [2.24, 2.45) is 0 Å². The highest BCUT2D eigenvalue weighted by molar-refractivity contribution is 7.49. The van der Waals surface area contributed by atoms with Crippen molar-refractivity contribution in [3.05, 3.63) is 107 Å². The molecule has 0 unspecified atom stereocenters. The molecular formula is C29H23O4P. The van der Waals surface area contributed by atoms with Crippen molar-refractivity contribution >= 4 is 8.38 Å². The topological polar surface area (TPSA) is 36.9 Å². The zero-order valence-corrected chi connectivity index (χ0v) is 20.1. The van der Waals surface area contributed by atoms with Gasteiger partial charge in [0.05, 0.1) is 21.7 Å². The number of para-hydroxylation sites is 2. The lowest BCUT2D eigenvalue weighted by atomic mass is 9.62. The van der Waals surface area contributed by atoms with Crippen LogP contribution in [-0.4, -0.2) is 5.16 Å². The van der Waals surface area contributed by atoms with Crippen LogP contribution in [0.5, 0.6) is 34.5 Å². The Morgan fingerprint density at radius 2 is 0.941 bits per heavy atom. The third-order valence-electron chi connectivity index (χ3n) is 6.66. The monoisotopic (exact) mass is 466 g/mol.